The molecule has 1 aromatic heterocycles. The molecule has 5 heteroatoms. The van der Waals surface area contributed by atoms with Crippen LogP contribution >= 0.6 is 0 Å². The molecular weight excluding hydrogens is 304 g/mol. The SMILES string of the molecule is Cc1cncc(CO[C@@H]2CCOC3(C2)CN(C(=O)[C@H]2C[C@H]2C)C3)c1. The summed E-state index contributed by atoms with van der Waals surface area (Å²) in [6.45, 7) is 6.98. The van der Waals surface area contributed by atoms with Crippen molar-refractivity contribution in [3.8, 4) is 0 Å². The number of nitrogens with zero attached hydrogens (tertiary/aromatic N) is 2. The normalized spacial score (nSPS) is 30.9. The smallest absolute Gasteiger partial charge is 0.226 e. The molecule has 4 rings (SSSR count). The number of amides is 1. The van der Waals surface area contributed by atoms with Gasteiger partial charge in [0.15, 0.2) is 0 Å². The fourth-order valence-electron chi connectivity index (χ4n) is 3.96. The molecule has 0 aromatic carbocycles. The van der Waals surface area contributed by atoms with Crippen LogP contribution in [0.15, 0.2) is 18.5 Å². The first kappa shape index (κ1) is 16.0. The van der Waals surface area contributed by atoms with E-state index in [1.807, 2.05) is 24.2 Å². The summed E-state index contributed by atoms with van der Waals surface area (Å²) >= 11 is 0. The highest BCUT2D eigenvalue weighted by Gasteiger charge is 2.53. The summed E-state index contributed by atoms with van der Waals surface area (Å²) in [5.74, 6) is 1.16. The van der Waals surface area contributed by atoms with E-state index in [9.17, 15) is 4.79 Å². The number of hydrogen-bond acceptors (Lipinski definition) is 4. The number of pyridine rings is 1. The zero-order chi connectivity index (χ0) is 16.7. The number of rotatable bonds is 4. The van der Waals surface area contributed by atoms with Crippen molar-refractivity contribution in [3.63, 3.8) is 0 Å². The molecule has 0 unspecified atom stereocenters. The van der Waals surface area contributed by atoms with Gasteiger partial charge in [-0.15, -0.1) is 0 Å². The van der Waals surface area contributed by atoms with Gasteiger partial charge in [0.1, 0.15) is 5.60 Å². The van der Waals surface area contributed by atoms with Crippen LogP contribution in [-0.4, -0.2) is 47.2 Å². The topological polar surface area (TPSA) is 51.7 Å². The molecule has 130 valence electrons. The molecule has 24 heavy (non-hydrogen) atoms. The third kappa shape index (κ3) is 3.20. The maximum Gasteiger partial charge on any atom is 0.226 e. The first-order chi connectivity index (χ1) is 11.5. The van der Waals surface area contributed by atoms with Gasteiger partial charge < -0.3 is 14.4 Å². The van der Waals surface area contributed by atoms with Crippen molar-refractivity contribution in [2.75, 3.05) is 19.7 Å². The van der Waals surface area contributed by atoms with Gasteiger partial charge in [-0.3, -0.25) is 9.78 Å². The quantitative estimate of drug-likeness (QED) is 0.850. The van der Waals surface area contributed by atoms with Crippen LogP contribution in [0.3, 0.4) is 0 Å². The van der Waals surface area contributed by atoms with E-state index in [2.05, 4.69) is 18.0 Å². The molecule has 3 fully saturated rings. The van der Waals surface area contributed by atoms with Crippen molar-refractivity contribution in [3.05, 3.63) is 29.6 Å². The minimum atomic E-state index is -0.165. The zero-order valence-corrected chi connectivity index (χ0v) is 14.5. The Morgan fingerprint density at radius 1 is 1.46 bits per heavy atom. The van der Waals surface area contributed by atoms with Gasteiger partial charge in [-0.1, -0.05) is 13.0 Å². The van der Waals surface area contributed by atoms with Gasteiger partial charge in [0.2, 0.25) is 5.91 Å². The Hall–Kier alpha value is -1.46. The van der Waals surface area contributed by atoms with E-state index in [4.69, 9.17) is 9.47 Å². The minimum absolute atomic E-state index is 0.165. The lowest BCUT2D eigenvalue weighted by Crippen LogP contribution is -2.67. The van der Waals surface area contributed by atoms with Gasteiger partial charge in [0.25, 0.3) is 0 Å². The fraction of sp³-hybridized carbons (Fsp3) is 0.684. The van der Waals surface area contributed by atoms with Crippen molar-refractivity contribution in [1.82, 2.24) is 9.88 Å². The van der Waals surface area contributed by atoms with E-state index in [0.29, 0.717) is 18.4 Å². The molecule has 1 aromatic rings. The number of carbonyl (C=O) groups excluding carboxylic acids is 1. The van der Waals surface area contributed by atoms with Gasteiger partial charge in [0.05, 0.1) is 25.8 Å². The summed E-state index contributed by atoms with van der Waals surface area (Å²) < 4.78 is 12.1. The summed E-state index contributed by atoms with van der Waals surface area (Å²) in [5.41, 5.74) is 2.10. The first-order valence-electron chi connectivity index (χ1n) is 9.00. The van der Waals surface area contributed by atoms with Crippen LogP contribution in [0.5, 0.6) is 0 Å². The van der Waals surface area contributed by atoms with Crippen LogP contribution in [0, 0.1) is 18.8 Å². The van der Waals surface area contributed by atoms with Gasteiger partial charge in [-0.2, -0.15) is 0 Å². The summed E-state index contributed by atoms with van der Waals surface area (Å²) in [4.78, 5) is 18.5. The highest BCUT2D eigenvalue weighted by Crippen LogP contribution is 2.43. The lowest BCUT2D eigenvalue weighted by Gasteiger charge is -2.53. The summed E-state index contributed by atoms with van der Waals surface area (Å²) in [6, 6.07) is 2.11. The second-order valence-corrected chi connectivity index (χ2v) is 7.84. The zero-order valence-electron chi connectivity index (χ0n) is 14.5. The monoisotopic (exact) mass is 330 g/mol. The van der Waals surface area contributed by atoms with Crippen LogP contribution in [-0.2, 0) is 20.9 Å². The third-order valence-electron chi connectivity index (χ3n) is 5.56. The van der Waals surface area contributed by atoms with Gasteiger partial charge in [-0.05, 0) is 36.8 Å². The fourth-order valence-corrected chi connectivity index (χ4v) is 3.96. The molecule has 0 bridgehead atoms. The Morgan fingerprint density at radius 3 is 2.96 bits per heavy atom. The molecule has 3 atom stereocenters. The molecule has 3 aliphatic rings. The van der Waals surface area contributed by atoms with Crippen LogP contribution < -0.4 is 0 Å². The van der Waals surface area contributed by atoms with Crippen molar-refractivity contribution >= 4 is 5.91 Å². The van der Waals surface area contributed by atoms with E-state index < -0.39 is 0 Å². The van der Waals surface area contributed by atoms with E-state index in [-0.39, 0.29) is 17.6 Å². The molecular formula is C19H26N2O3. The molecule has 0 radical (unpaired) electrons. The Bertz CT molecular complexity index is 627. The van der Waals surface area contributed by atoms with Crippen LogP contribution in [0.25, 0.3) is 0 Å². The van der Waals surface area contributed by atoms with E-state index in [1.165, 1.54) is 0 Å². The second-order valence-electron chi connectivity index (χ2n) is 7.84. The van der Waals surface area contributed by atoms with Crippen molar-refractivity contribution in [2.45, 2.75) is 51.4 Å². The van der Waals surface area contributed by atoms with E-state index in [1.54, 1.807) is 0 Å². The van der Waals surface area contributed by atoms with Crippen LogP contribution in [0.4, 0.5) is 0 Å². The van der Waals surface area contributed by atoms with Crippen LogP contribution in [0.2, 0.25) is 0 Å². The van der Waals surface area contributed by atoms with E-state index >= 15 is 0 Å². The number of likely N-dealkylation sites (tertiary alicyclic amines) is 1. The molecule has 1 aliphatic carbocycles. The Morgan fingerprint density at radius 2 is 2.25 bits per heavy atom. The average molecular weight is 330 g/mol. The average Bonchev–Trinajstić information content (AvgIpc) is 3.27. The van der Waals surface area contributed by atoms with Gasteiger partial charge in [0, 0.05) is 31.3 Å². The van der Waals surface area contributed by atoms with Gasteiger partial charge in [-0.25, -0.2) is 0 Å². The number of hydrogen-bond donors (Lipinski definition) is 0. The predicted octanol–water partition coefficient (Wildman–Crippen LogP) is 2.32. The van der Waals surface area contributed by atoms with Gasteiger partial charge >= 0.3 is 0 Å². The molecule has 2 saturated heterocycles. The maximum atomic E-state index is 12.3. The number of carbonyl (C=O) groups is 1. The van der Waals surface area contributed by atoms with Crippen molar-refractivity contribution < 1.29 is 14.3 Å². The third-order valence-corrected chi connectivity index (χ3v) is 5.56. The molecule has 1 amide bonds. The second kappa shape index (κ2) is 6.12. The standard InChI is InChI=1S/C19H26N2O3/c1-13-5-15(9-20-8-13)10-23-16-3-4-24-19(7-16)11-21(12-19)18(22)17-6-14(17)2/h5,8-9,14,16-17H,3-4,6-7,10-12H2,1-2H3/t14-,16-,17+/m1/s1. The summed E-state index contributed by atoms with van der Waals surface area (Å²) in [7, 11) is 0. The highest BCUT2D eigenvalue weighted by molar-refractivity contribution is 5.82. The molecule has 2 aliphatic heterocycles. The summed E-state index contributed by atoms with van der Waals surface area (Å²) in [5, 5.41) is 0. The maximum absolute atomic E-state index is 12.3. The largest absolute Gasteiger partial charge is 0.373 e. The lowest BCUT2D eigenvalue weighted by atomic mass is 9.84. The molecule has 0 N–H and O–H groups in total. The number of aryl methyl sites for hydroxylation is 1. The molecule has 1 spiro atoms. The molecule has 5 nitrogen and oxygen atoms in total. The molecule has 1 saturated carbocycles. The molecule has 3 heterocycles. The first-order valence-corrected chi connectivity index (χ1v) is 9.00. The van der Waals surface area contributed by atoms with Crippen molar-refractivity contribution in [1.29, 1.82) is 0 Å². The Labute approximate surface area is 143 Å². The van der Waals surface area contributed by atoms with Crippen molar-refractivity contribution in [2.24, 2.45) is 11.8 Å². The summed E-state index contributed by atoms with van der Waals surface area (Å²) in [6.07, 6.45) is 6.79. The Kier molecular flexibility index (Phi) is 4.09. The predicted molar refractivity (Wildman–Crippen MR) is 89.3 cm³/mol. The number of ether oxygens (including phenoxy) is 2. The highest BCUT2D eigenvalue weighted by atomic mass is 16.5. The Balaban J connectivity index is 1.28. The van der Waals surface area contributed by atoms with E-state index in [0.717, 1.165) is 50.1 Å². The lowest BCUT2D eigenvalue weighted by molar-refractivity contribution is -0.203. The minimum Gasteiger partial charge on any atom is -0.373 e. The number of aromatic nitrogens is 1. The van der Waals surface area contributed by atoms with Crippen LogP contribution in [0.1, 0.15) is 37.3 Å².